The number of aromatic nitrogens is 3. The summed E-state index contributed by atoms with van der Waals surface area (Å²) >= 11 is 5.91. The summed E-state index contributed by atoms with van der Waals surface area (Å²) in [6.45, 7) is 4.11. The maximum atomic E-state index is 12.6. The van der Waals surface area contributed by atoms with Crippen LogP contribution in [0, 0.1) is 6.92 Å². The van der Waals surface area contributed by atoms with Crippen LogP contribution in [0.2, 0.25) is 5.15 Å². The maximum Gasteiger partial charge on any atom is 0.280 e. The van der Waals surface area contributed by atoms with Gasteiger partial charge in [0.05, 0.1) is 30.4 Å². The number of aryl methyl sites for hydroxylation is 1. The van der Waals surface area contributed by atoms with Crippen molar-refractivity contribution in [3.8, 4) is 11.4 Å². The van der Waals surface area contributed by atoms with Crippen LogP contribution < -0.4 is 10.1 Å². The van der Waals surface area contributed by atoms with Crippen LogP contribution in [0.1, 0.15) is 23.0 Å². The van der Waals surface area contributed by atoms with E-state index in [2.05, 4.69) is 15.4 Å². The summed E-state index contributed by atoms with van der Waals surface area (Å²) < 4.78 is 7.18. The molecule has 2 heterocycles. The number of hydrogen-bond donors (Lipinski definition) is 1. The van der Waals surface area contributed by atoms with Crippen molar-refractivity contribution < 1.29 is 9.53 Å². The fourth-order valence-electron chi connectivity index (χ4n) is 2.31. The summed E-state index contributed by atoms with van der Waals surface area (Å²) in [7, 11) is 0. The van der Waals surface area contributed by atoms with Crippen LogP contribution in [0.25, 0.3) is 5.69 Å². The van der Waals surface area contributed by atoms with Crippen LogP contribution in [-0.2, 0) is 0 Å². The summed E-state index contributed by atoms with van der Waals surface area (Å²) in [5.74, 6) is 0.0455. The van der Waals surface area contributed by atoms with Gasteiger partial charge in [-0.05, 0) is 37.6 Å². The summed E-state index contributed by atoms with van der Waals surface area (Å²) in [6, 6.07) is 11.3. The number of carbonyl (C=O) groups excluding carboxylic acids is 1. The first-order valence-electron chi connectivity index (χ1n) is 7.80. The number of rotatable bonds is 5. The van der Waals surface area contributed by atoms with Crippen LogP contribution in [0.15, 0.2) is 48.8 Å². The highest BCUT2D eigenvalue weighted by molar-refractivity contribution is 6.30. The lowest BCUT2D eigenvalue weighted by molar-refractivity contribution is 0.101. The number of anilines is 1. The van der Waals surface area contributed by atoms with E-state index in [4.69, 9.17) is 16.3 Å². The van der Waals surface area contributed by atoms with E-state index >= 15 is 0 Å². The van der Waals surface area contributed by atoms with Crippen LogP contribution >= 0.6 is 11.6 Å². The molecule has 0 bridgehead atoms. The molecule has 128 valence electrons. The molecular formula is C18H17ClN4O2. The molecule has 6 nitrogen and oxygen atoms in total. The topological polar surface area (TPSA) is 69.0 Å². The molecule has 3 rings (SSSR count). The SMILES string of the molecule is CCOc1cn(-c2ccccc2)nc1C(=O)Nc1cnc(Cl)c(C)c1. The minimum Gasteiger partial charge on any atom is -0.490 e. The Balaban J connectivity index is 1.90. The molecule has 1 N–H and O–H groups in total. The number of halogens is 1. The van der Waals surface area contributed by atoms with Crippen LogP contribution in [-0.4, -0.2) is 27.3 Å². The molecule has 25 heavy (non-hydrogen) atoms. The summed E-state index contributed by atoms with van der Waals surface area (Å²) in [5.41, 5.74) is 2.37. The number of carbonyl (C=O) groups is 1. The van der Waals surface area contributed by atoms with Crippen LogP contribution in [0.4, 0.5) is 5.69 Å². The van der Waals surface area contributed by atoms with Crippen LogP contribution in [0.5, 0.6) is 5.75 Å². The third-order valence-corrected chi connectivity index (χ3v) is 3.88. The Hall–Kier alpha value is -2.86. The number of benzene rings is 1. The minimum atomic E-state index is -0.373. The lowest BCUT2D eigenvalue weighted by atomic mass is 10.3. The molecule has 0 saturated heterocycles. The molecule has 1 aromatic carbocycles. The highest BCUT2D eigenvalue weighted by atomic mass is 35.5. The van der Waals surface area contributed by atoms with E-state index in [-0.39, 0.29) is 11.6 Å². The number of para-hydroxylation sites is 1. The Morgan fingerprint density at radius 3 is 2.76 bits per heavy atom. The van der Waals surface area contributed by atoms with Gasteiger partial charge < -0.3 is 10.1 Å². The van der Waals surface area contributed by atoms with Gasteiger partial charge >= 0.3 is 0 Å². The number of nitrogens with one attached hydrogen (secondary N) is 1. The zero-order valence-corrected chi connectivity index (χ0v) is 14.6. The fourth-order valence-corrected chi connectivity index (χ4v) is 2.41. The normalized spacial score (nSPS) is 10.5. The van der Waals surface area contributed by atoms with E-state index in [0.29, 0.717) is 23.2 Å². The van der Waals surface area contributed by atoms with Gasteiger partial charge in [-0.2, -0.15) is 5.10 Å². The average Bonchev–Trinajstić information content (AvgIpc) is 3.03. The predicted octanol–water partition coefficient (Wildman–Crippen LogP) is 3.88. The first-order chi connectivity index (χ1) is 12.1. The monoisotopic (exact) mass is 356 g/mol. The second-order valence-corrected chi connectivity index (χ2v) is 5.70. The van der Waals surface area contributed by atoms with Crippen molar-refractivity contribution in [3.63, 3.8) is 0 Å². The summed E-state index contributed by atoms with van der Waals surface area (Å²) in [5, 5.41) is 7.55. The quantitative estimate of drug-likeness (QED) is 0.704. The fraction of sp³-hybridized carbons (Fsp3) is 0.167. The summed E-state index contributed by atoms with van der Waals surface area (Å²) in [4.78, 5) is 16.7. The van der Waals surface area contributed by atoms with Crippen LogP contribution in [0.3, 0.4) is 0 Å². The number of ether oxygens (including phenoxy) is 1. The molecule has 0 saturated carbocycles. The van der Waals surface area contributed by atoms with Crippen molar-refractivity contribution in [1.29, 1.82) is 0 Å². The largest absolute Gasteiger partial charge is 0.490 e. The number of pyridine rings is 1. The average molecular weight is 357 g/mol. The van der Waals surface area contributed by atoms with E-state index in [0.717, 1.165) is 11.3 Å². The van der Waals surface area contributed by atoms with Crippen molar-refractivity contribution in [3.05, 3.63) is 65.2 Å². The van der Waals surface area contributed by atoms with Gasteiger partial charge in [0.25, 0.3) is 5.91 Å². The van der Waals surface area contributed by atoms with Gasteiger partial charge in [0.2, 0.25) is 0 Å². The zero-order valence-electron chi connectivity index (χ0n) is 13.9. The third kappa shape index (κ3) is 3.80. The molecule has 2 aromatic heterocycles. The molecule has 7 heteroatoms. The first-order valence-corrected chi connectivity index (χ1v) is 8.17. The molecule has 0 spiro atoms. The minimum absolute atomic E-state index is 0.207. The van der Waals surface area contributed by atoms with Crippen molar-refractivity contribution in [2.75, 3.05) is 11.9 Å². The molecular weight excluding hydrogens is 340 g/mol. The highest BCUT2D eigenvalue weighted by Crippen LogP contribution is 2.22. The predicted molar refractivity (Wildman–Crippen MR) is 96.7 cm³/mol. The Bertz CT molecular complexity index is 893. The standard InChI is InChI=1S/C18H17ClN4O2/c1-3-25-15-11-23(14-7-5-4-6-8-14)22-16(15)18(24)21-13-9-12(2)17(19)20-10-13/h4-11H,3H2,1-2H3,(H,21,24). The first kappa shape index (κ1) is 17.0. The van der Waals surface area contributed by atoms with Gasteiger partial charge in [-0.1, -0.05) is 29.8 Å². The third-order valence-electron chi connectivity index (χ3n) is 3.49. The summed E-state index contributed by atoms with van der Waals surface area (Å²) in [6.07, 6.45) is 3.20. The van der Waals surface area contributed by atoms with Crippen molar-refractivity contribution in [2.45, 2.75) is 13.8 Å². The van der Waals surface area contributed by atoms with Gasteiger partial charge in [0.1, 0.15) is 5.15 Å². The van der Waals surface area contributed by atoms with Gasteiger partial charge in [-0.25, -0.2) is 9.67 Å². The second kappa shape index (κ2) is 7.36. The molecule has 0 aliphatic heterocycles. The molecule has 0 unspecified atom stereocenters. The Morgan fingerprint density at radius 2 is 2.08 bits per heavy atom. The Kier molecular flexibility index (Phi) is 5.00. The van der Waals surface area contributed by atoms with Crippen molar-refractivity contribution in [1.82, 2.24) is 14.8 Å². The Morgan fingerprint density at radius 1 is 1.32 bits per heavy atom. The van der Waals surface area contributed by atoms with Gasteiger partial charge in [-0.3, -0.25) is 4.79 Å². The maximum absolute atomic E-state index is 12.6. The van der Waals surface area contributed by atoms with E-state index in [1.54, 1.807) is 16.9 Å². The van der Waals surface area contributed by atoms with E-state index in [9.17, 15) is 4.79 Å². The smallest absolute Gasteiger partial charge is 0.280 e. The van der Waals surface area contributed by atoms with Crippen molar-refractivity contribution >= 4 is 23.2 Å². The number of nitrogens with zero attached hydrogens (tertiary/aromatic N) is 3. The van der Waals surface area contributed by atoms with Gasteiger partial charge in [-0.15, -0.1) is 0 Å². The lowest BCUT2D eigenvalue weighted by Crippen LogP contribution is -2.15. The zero-order chi connectivity index (χ0) is 17.8. The lowest BCUT2D eigenvalue weighted by Gasteiger charge is -2.06. The molecule has 3 aromatic rings. The van der Waals surface area contributed by atoms with E-state index < -0.39 is 0 Å². The molecule has 0 fully saturated rings. The molecule has 1 amide bonds. The van der Waals surface area contributed by atoms with E-state index in [1.165, 1.54) is 6.20 Å². The Labute approximate surface area is 150 Å². The molecule has 0 radical (unpaired) electrons. The van der Waals surface area contributed by atoms with Gasteiger partial charge in [0, 0.05) is 0 Å². The molecule has 0 atom stereocenters. The second-order valence-electron chi connectivity index (χ2n) is 5.34. The highest BCUT2D eigenvalue weighted by Gasteiger charge is 2.19. The number of amides is 1. The molecule has 0 aliphatic carbocycles. The van der Waals surface area contributed by atoms with E-state index in [1.807, 2.05) is 44.2 Å². The van der Waals surface area contributed by atoms with Crippen molar-refractivity contribution in [2.24, 2.45) is 0 Å². The molecule has 0 aliphatic rings. The van der Waals surface area contributed by atoms with Gasteiger partial charge in [0.15, 0.2) is 11.4 Å². The number of hydrogen-bond acceptors (Lipinski definition) is 4.